The van der Waals surface area contributed by atoms with Crippen molar-refractivity contribution in [1.29, 1.82) is 0 Å². The molecule has 0 saturated carbocycles. The molecule has 1 rings (SSSR count). The Hall–Kier alpha value is -1.55. The molecule has 0 radical (unpaired) electrons. The molecule has 1 N–H and O–H groups in total. The maximum atomic E-state index is 12.0. The fourth-order valence-corrected chi connectivity index (χ4v) is 1.85. The van der Waals surface area contributed by atoms with Crippen molar-refractivity contribution in [3.05, 3.63) is 23.3 Å². The number of ether oxygens (including phenoxy) is 2. The van der Waals surface area contributed by atoms with Crippen LogP contribution in [-0.4, -0.2) is 33.6 Å². The topological polar surface area (TPSA) is 47.6 Å². The van der Waals surface area contributed by atoms with Crippen LogP contribution in [0.5, 0.6) is 11.5 Å². The molecule has 18 heavy (non-hydrogen) atoms. The van der Waals surface area contributed by atoms with E-state index in [0.717, 1.165) is 11.3 Å². The summed E-state index contributed by atoms with van der Waals surface area (Å²) < 4.78 is 10.6. The van der Waals surface area contributed by atoms with E-state index in [1.54, 1.807) is 27.3 Å². The Labute approximate surface area is 108 Å². The van der Waals surface area contributed by atoms with Gasteiger partial charge in [0.15, 0.2) is 5.78 Å². The first kappa shape index (κ1) is 14.5. The Morgan fingerprint density at radius 1 is 1.22 bits per heavy atom. The van der Waals surface area contributed by atoms with Crippen molar-refractivity contribution < 1.29 is 14.3 Å². The second-order valence-electron chi connectivity index (χ2n) is 4.40. The maximum absolute atomic E-state index is 12.0. The zero-order valence-corrected chi connectivity index (χ0v) is 11.7. The quantitative estimate of drug-likeness (QED) is 0.788. The fraction of sp³-hybridized carbons (Fsp3) is 0.500. The predicted molar refractivity (Wildman–Crippen MR) is 71.9 cm³/mol. The normalized spacial score (nSPS) is 10.6. The van der Waals surface area contributed by atoms with Crippen LogP contribution < -0.4 is 14.8 Å². The number of likely N-dealkylation sites (N-methyl/N-ethyl adjacent to an activating group) is 1. The van der Waals surface area contributed by atoms with E-state index in [4.69, 9.17) is 9.47 Å². The van der Waals surface area contributed by atoms with Crippen molar-refractivity contribution >= 4 is 5.78 Å². The summed E-state index contributed by atoms with van der Waals surface area (Å²) >= 11 is 0. The van der Waals surface area contributed by atoms with Crippen LogP contribution in [0.2, 0.25) is 0 Å². The van der Waals surface area contributed by atoms with Gasteiger partial charge in [0.1, 0.15) is 11.5 Å². The number of nitrogens with one attached hydrogen (secondary N) is 1. The first-order valence-corrected chi connectivity index (χ1v) is 5.98. The third-order valence-electron chi connectivity index (χ3n) is 2.81. The summed E-state index contributed by atoms with van der Waals surface area (Å²) in [4.78, 5) is 12.0. The van der Waals surface area contributed by atoms with E-state index >= 15 is 0 Å². The standard InChI is InChI=1S/C14H21NO3/c1-9(2)10-6-11(12(16)8-15-3)14(18-5)7-13(10)17-4/h6-7,9,15H,8H2,1-5H3. The van der Waals surface area contributed by atoms with E-state index < -0.39 is 0 Å². The molecular weight excluding hydrogens is 230 g/mol. The van der Waals surface area contributed by atoms with Crippen LogP contribution in [0.1, 0.15) is 35.7 Å². The lowest BCUT2D eigenvalue weighted by Gasteiger charge is -2.16. The molecule has 0 aromatic heterocycles. The molecule has 0 saturated heterocycles. The lowest BCUT2D eigenvalue weighted by Crippen LogP contribution is -2.19. The van der Waals surface area contributed by atoms with Gasteiger partial charge in [0.25, 0.3) is 0 Å². The zero-order chi connectivity index (χ0) is 13.7. The minimum absolute atomic E-state index is 0.0129. The number of benzene rings is 1. The van der Waals surface area contributed by atoms with Gasteiger partial charge in [0.2, 0.25) is 0 Å². The summed E-state index contributed by atoms with van der Waals surface area (Å²) in [7, 11) is 4.92. The van der Waals surface area contributed by atoms with Crippen LogP contribution in [0.4, 0.5) is 0 Å². The van der Waals surface area contributed by atoms with Crippen molar-refractivity contribution in [3.63, 3.8) is 0 Å². The van der Waals surface area contributed by atoms with Crippen molar-refractivity contribution in [2.75, 3.05) is 27.8 Å². The highest BCUT2D eigenvalue weighted by Crippen LogP contribution is 2.33. The van der Waals surface area contributed by atoms with Gasteiger partial charge in [0.05, 0.1) is 26.3 Å². The fourth-order valence-electron chi connectivity index (χ4n) is 1.85. The molecule has 0 amide bonds. The van der Waals surface area contributed by atoms with E-state index in [1.165, 1.54) is 0 Å². The molecule has 4 heteroatoms. The minimum atomic E-state index is 0.0129. The molecule has 0 aliphatic carbocycles. The first-order chi connectivity index (χ1) is 8.54. The Kier molecular flexibility index (Phi) is 5.16. The number of Topliss-reactive ketones (excluding diaryl/α,β-unsaturated/α-hetero) is 1. The first-order valence-electron chi connectivity index (χ1n) is 5.98. The van der Waals surface area contributed by atoms with E-state index in [0.29, 0.717) is 17.9 Å². The smallest absolute Gasteiger partial charge is 0.180 e. The number of rotatable bonds is 6. The van der Waals surface area contributed by atoms with E-state index in [2.05, 4.69) is 19.2 Å². The Morgan fingerprint density at radius 2 is 1.83 bits per heavy atom. The average Bonchev–Trinajstić information content (AvgIpc) is 2.37. The summed E-state index contributed by atoms with van der Waals surface area (Å²) in [5.41, 5.74) is 1.61. The van der Waals surface area contributed by atoms with Crippen LogP contribution in [0.3, 0.4) is 0 Å². The van der Waals surface area contributed by atoms with Gasteiger partial charge >= 0.3 is 0 Å². The summed E-state index contributed by atoms with van der Waals surface area (Å²) in [5.74, 6) is 1.60. The molecule has 0 heterocycles. The highest BCUT2D eigenvalue weighted by atomic mass is 16.5. The summed E-state index contributed by atoms with van der Waals surface area (Å²) in [6, 6.07) is 3.64. The van der Waals surface area contributed by atoms with Crippen molar-refractivity contribution in [3.8, 4) is 11.5 Å². The van der Waals surface area contributed by atoms with Gasteiger partial charge in [-0.1, -0.05) is 13.8 Å². The Balaban J connectivity index is 3.31. The van der Waals surface area contributed by atoms with Gasteiger partial charge in [-0.25, -0.2) is 0 Å². The van der Waals surface area contributed by atoms with Crippen molar-refractivity contribution in [2.45, 2.75) is 19.8 Å². The lowest BCUT2D eigenvalue weighted by molar-refractivity contribution is 0.0990. The van der Waals surface area contributed by atoms with Gasteiger partial charge < -0.3 is 14.8 Å². The van der Waals surface area contributed by atoms with Crippen LogP contribution in [0.25, 0.3) is 0 Å². The number of hydrogen-bond acceptors (Lipinski definition) is 4. The highest BCUT2D eigenvalue weighted by Gasteiger charge is 2.17. The van der Waals surface area contributed by atoms with E-state index in [9.17, 15) is 4.79 Å². The van der Waals surface area contributed by atoms with E-state index in [1.807, 2.05) is 6.07 Å². The average molecular weight is 251 g/mol. The summed E-state index contributed by atoms with van der Waals surface area (Å²) in [6.45, 7) is 4.42. The number of hydrogen-bond donors (Lipinski definition) is 1. The van der Waals surface area contributed by atoms with Crippen LogP contribution in [0.15, 0.2) is 12.1 Å². The largest absolute Gasteiger partial charge is 0.496 e. The second kappa shape index (κ2) is 6.40. The molecule has 4 nitrogen and oxygen atoms in total. The van der Waals surface area contributed by atoms with Gasteiger partial charge in [-0.2, -0.15) is 0 Å². The molecular formula is C14H21NO3. The lowest BCUT2D eigenvalue weighted by atomic mass is 9.97. The third-order valence-corrected chi connectivity index (χ3v) is 2.81. The molecule has 0 atom stereocenters. The third kappa shape index (κ3) is 3.01. The molecule has 0 bridgehead atoms. The van der Waals surface area contributed by atoms with Gasteiger partial charge in [-0.15, -0.1) is 0 Å². The molecule has 1 aromatic carbocycles. The second-order valence-corrected chi connectivity index (χ2v) is 4.40. The molecule has 0 aliphatic heterocycles. The van der Waals surface area contributed by atoms with Gasteiger partial charge in [0, 0.05) is 6.07 Å². The number of carbonyl (C=O) groups excluding carboxylic acids is 1. The Morgan fingerprint density at radius 3 is 2.28 bits per heavy atom. The Bertz CT molecular complexity index is 427. The SMILES string of the molecule is CNCC(=O)c1cc(C(C)C)c(OC)cc1OC. The van der Waals surface area contributed by atoms with Crippen LogP contribution in [-0.2, 0) is 0 Å². The number of methoxy groups -OCH3 is 2. The van der Waals surface area contributed by atoms with Crippen LogP contribution >= 0.6 is 0 Å². The number of carbonyl (C=O) groups is 1. The molecule has 0 spiro atoms. The molecule has 1 aromatic rings. The number of ketones is 1. The van der Waals surface area contributed by atoms with E-state index in [-0.39, 0.29) is 11.7 Å². The monoisotopic (exact) mass is 251 g/mol. The molecule has 0 aliphatic rings. The van der Waals surface area contributed by atoms with Gasteiger partial charge in [-0.05, 0) is 24.6 Å². The molecule has 0 fully saturated rings. The summed E-state index contributed by atoms with van der Waals surface area (Å²) in [6.07, 6.45) is 0. The van der Waals surface area contributed by atoms with Crippen molar-refractivity contribution in [2.24, 2.45) is 0 Å². The maximum Gasteiger partial charge on any atom is 0.180 e. The highest BCUT2D eigenvalue weighted by molar-refractivity contribution is 6.00. The zero-order valence-electron chi connectivity index (χ0n) is 11.7. The minimum Gasteiger partial charge on any atom is -0.496 e. The van der Waals surface area contributed by atoms with Crippen molar-refractivity contribution in [1.82, 2.24) is 5.32 Å². The summed E-state index contributed by atoms with van der Waals surface area (Å²) in [5, 5.41) is 2.86. The molecule has 0 unspecified atom stereocenters. The predicted octanol–water partition coefficient (Wildman–Crippen LogP) is 2.23. The molecule has 100 valence electrons. The van der Waals surface area contributed by atoms with Crippen LogP contribution in [0, 0.1) is 0 Å². The van der Waals surface area contributed by atoms with Gasteiger partial charge in [-0.3, -0.25) is 4.79 Å².